The van der Waals surface area contributed by atoms with Crippen LogP contribution in [0.4, 0.5) is 4.39 Å². The van der Waals surface area contributed by atoms with Gasteiger partial charge in [-0.3, -0.25) is 9.48 Å². The second kappa shape index (κ2) is 7.10. The summed E-state index contributed by atoms with van der Waals surface area (Å²) in [5, 5.41) is 10.1. The number of aryl methyl sites for hydroxylation is 1. The fourth-order valence-electron chi connectivity index (χ4n) is 3.05. The fourth-order valence-corrected chi connectivity index (χ4v) is 3.05. The second-order valence-electron chi connectivity index (χ2n) is 5.58. The number of halogens is 2. The van der Waals surface area contributed by atoms with Crippen molar-refractivity contribution in [1.82, 2.24) is 20.4 Å². The van der Waals surface area contributed by atoms with Crippen molar-refractivity contribution in [2.75, 3.05) is 7.05 Å². The van der Waals surface area contributed by atoms with Crippen molar-refractivity contribution >= 4 is 18.3 Å². The molecule has 0 aliphatic heterocycles. The first kappa shape index (κ1) is 17.4. The van der Waals surface area contributed by atoms with E-state index in [-0.39, 0.29) is 30.2 Å². The average molecular weight is 339 g/mol. The van der Waals surface area contributed by atoms with Crippen molar-refractivity contribution in [3.8, 4) is 0 Å². The van der Waals surface area contributed by atoms with Gasteiger partial charge in [-0.15, -0.1) is 12.4 Å². The molecule has 0 bridgehead atoms. The molecule has 2 unspecified atom stereocenters. The van der Waals surface area contributed by atoms with E-state index in [0.29, 0.717) is 6.42 Å². The van der Waals surface area contributed by atoms with Crippen LogP contribution in [0, 0.1) is 5.82 Å². The highest BCUT2D eigenvalue weighted by molar-refractivity contribution is 5.85. The zero-order valence-corrected chi connectivity index (χ0v) is 13.9. The first-order valence-electron chi connectivity index (χ1n) is 7.33. The Morgan fingerprint density at radius 1 is 1.48 bits per heavy atom. The van der Waals surface area contributed by atoms with Gasteiger partial charge in [0.2, 0.25) is 5.91 Å². The standard InChI is InChI=1S/C16H19FN4O.ClH/c1-18-15(10-8-19-21(2)9-10)16(22)20-14-7-6-11-12(14)4-3-5-13(11)17;/h3-5,8-9,14-15,18H,6-7H2,1-2H3,(H,20,22);1H. The average Bonchev–Trinajstić information content (AvgIpc) is 3.08. The molecule has 1 amide bonds. The Morgan fingerprint density at radius 2 is 2.26 bits per heavy atom. The third kappa shape index (κ3) is 3.38. The summed E-state index contributed by atoms with van der Waals surface area (Å²) in [5.74, 6) is -0.315. The Hall–Kier alpha value is -1.92. The van der Waals surface area contributed by atoms with Gasteiger partial charge in [0.1, 0.15) is 11.9 Å². The van der Waals surface area contributed by atoms with Crippen molar-refractivity contribution in [3.63, 3.8) is 0 Å². The van der Waals surface area contributed by atoms with E-state index < -0.39 is 6.04 Å². The first-order valence-corrected chi connectivity index (χ1v) is 7.33. The van der Waals surface area contributed by atoms with Crippen LogP contribution in [0.2, 0.25) is 0 Å². The molecule has 7 heteroatoms. The summed E-state index contributed by atoms with van der Waals surface area (Å²) in [5.41, 5.74) is 2.41. The first-order chi connectivity index (χ1) is 10.6. The number of benzene rings is 1. The summed E-state index contributed by atoms with van der Waals surface area (Å²) >= 11 is 0. The Balaban J connectivity index is 0.00000192. The van der Waals surface area contributed by atoms with E-state index in [2.05, 4.69) is 15.7 Å². The third-order valence-electron chi connectivity index (χ3n) is 4.14. The van der Waals surface area contributed by atoms with E-state index in [1.165, 1.54) is 6.07 Å². The molecular formula is C16H20ClFN4O. The molecule has 0 fully saturated rings. The van der Waals surface area contributed by atoms with Crippen molar-refractivity contribution in [2.24, 2.45) is 7.05 Å². The molecule has 0 saturated carbocycles. The quantitative estimate of drug-likeness (QED) is 0.897. The Labute approximate surface area is 140 Å². The second-order valence-corrected chi connectivity index (χ2v) is 5.58. The summed E-state index contributed by atoms with van der Waals surface area (Å²) < 4.78 is 15.4. The van der Waals surface area contributed by atoms with Crippen LogP contribution in [-0.4, -0.2) is 22.7 Å². The van der Waals surface area contributed by atoms with Crippen LogP contribution in [0.25, 0.3) is 0 Å². The van der Waals surface area contributed by atoms with Crippen LogP contribution in [0.1, 0.15) is 35.2 Å². The number of aromatic nitrogens is 2. The van der Waals surface area contributed by atoms with Gasteiger partial charge < -0.3 is 10.6 Å². The van der Waals surface area contributed by atoms with E-state index in [1.54, 1.807) is 24.0 Å². The van der Waals surface area contributed by atoms with Gasteiger partial charge in [-0.05, 0) is 37.1 Å². The molecule has 0 saturated heterocycles. The molecule has 124 valence electrons. The van der Waals surface area contributed by atoms with Gasteiger partial charge in [-0.2, -0.15) is 5.10 Å². The number of carbonyl (C=O) groups is 1. The van der Waals surface area contributed by atoms with Gasteiger partial charge in [0.05, 0.1) is 12.2 Å². The number of hydrogen-bond acceptors (Lipinski definition) is 3. The van der Waals surface area contributed by atoms with Crippen molar-refractivity contribution in [2.45, 2.75) is 24.9 Å². The van der Waals surface area contributed by atoms with Gasteiger partial charge in [0.25, 0.3) is 0 Å². The van der Waals surface area contributed by atoms with Crippen LogP contribution < -0.4 is 10.6 Å². The maximum atomic E-state index is 13.8. The predicted octanol–water partition coefficient (Wildman–Crippen LogP) is 2.05. The van der Waals surface area contributed by atoms with E-state index in [9.17, 15) is 9.18 Å². The van der Waals surface area contributed by atoms with Gasteiger partial charge in [-0.25, -0.2) is 4.39 Å². The molecule has 2 atom stereocenters. The molecule has 1 aromatic heterocycles. The minimum absolute atomic E-state index is 0. The number of likely N-dealkylation sites (N-methyl/N-ethyl adjacent to an activating group) is 1. The number of carbonyl (C=O) groups excluding carboxylic acids is 1. The van der Waals surface area contributed by atoms with Crippen LogP contribution in [0.3, 0.4) is 0 Å². The van der Waals surface area contributed by atoms with Gasteiger partial charge in [-0.1, -0.05) is 12.1 Å². The number of nitrogens with zero attached hydrogens (tertiary/aromatic N) is 2. The minimum Gasteiger partial charge on any atom is -0.348 e. The molecule has 3 rings (SSSR count). The highest BCUT2D eigenvalue weighted by atomic mass is 35.5. The number of rotatable bonds is 4. The lowest BCUT2D eigenvalue weighted by molar-refractivity contribution is -0.123. The molecular weight excluding hydrogens is 319 g/mol. The zero-order chi connectivity index (χ0) is 15.7. The number of hydrogen-bond donors (Lipinski definition) is 2. The summed E-state index contributed by atoms with van der Waals surface area (Å²) in [6.07, 6.45) is 4.86. The van der Waals surface area contributed by atoms with Crippen molar-refractivity contribution in [3.05, 3.63) is 53.1 Å². The SMILES string of the molecule is CNC(C(=O)NC1CCc2c(F)cccc21)c1cnn(C)c1.Cl. The summed E-state index contributed by atoms with van der Waals surface area (Å²) in [7, 11) is 3.55. The Bertz CT molecular complexity index is 703. The number of nitrogens with one attached hydrogen (secondary N) is 2. The van der Waals surface area contributed by atoms with E-state index in [0.717, 1.165) is 23.1 Å². The lowest BCUT2D eigenvalue weighted by Crippen LogP contribution is -2.37. The molecule has 1 aliphatic rings. The maximum absolute atomic E-state index is 13.8. The Morgan fingerprint density at radius 3 is 2.91 bits per heavy atom. The summed E-state index contributed by atoms with van der Waals surface area (Å²) in [6.45, 7) is 0. The highest BCUT2D eigenvalue weighted by Gasteiger charge is 2.29. The van der Waals surface area contributed by atoms with Crippen LogP contribution in [0.15, 0.2) is 30.6 Å². The smallest absolute Gasteiger partial charge is 0.242 e. The molecule has 2 aromatic rings. The zero-order valence-electron chi connectivity index (χ0n) is 13.0. The summed E-state index contributed by atoms with van der Waals surface area (Å²) in [6, 6.07) is 4.44. The molecule has 1 aromatic carbocycles. The highest BCUT2D eigenvalue weighted by Crippen LogP contribution is 2.33. The third-order valence-corrected chi connectivity index (χ3v) is 4.14. The van der Waals surface area contributed by atoms with E-state index in [4.69, 9.17) is 0 Å². The molecule has 0 spiro atoms. The monoisotopic (exact) mass is 338 g/mol. The molecule has 0 radical (unpaired) electrons. The Kier molecular flexibility index (Phi) is 5.38. The molecule has 23 heavy (non-hydrogen) atoms. The maximum Gasteiger partial charge on any atom is 0.242 e. The lowest BCUT2D eigenvalue weighted by atomic mass is 10.1. The van der Waals surface area contributed by atoms with Gasteiger partial charge in [0, 0.05) is 18.8 Å². The van der Waals surface area contributed by atoms with Crippen molar-refractivity contribution < 1.29 is 9.18 Å². The van der Waals surface area contributed by atoms with Gasteiger partial charge in [0.15, 0.2) is 0 Å². The molecule has 2 N–H and O–H groups in total. The molecule has 1 heterocycles. The largest absolute Gasteiger partial charge is 0.348 e. The minimum atomic E-state index is -0.466. The van der Waals surface area contributed by atoms with E-state index in [1.807, 2.05) is 19.3 Å². The lowest BCUT2D eigenvalue weighted by Gasteiger charge is -2.19. The molecule has 5 nitrogen and oxygen atoms in total. The fraction of sp³-hybridized carbons (Fsp3) is 0.375. The van der Waals surface area contributed by atoms with Crippen LogP contribution >= 0.6 is 12.4 Å². The van der Waals surface area contributed by atoms with Crippen LogP contribution in [0.5, 0.6) is 0 Å². The molecule has 1 aliphatic carbocycles. The predicted molar refractivity (Wildman–Crippen MR) is 87.9 cm³/mol. The normalized spacial score (nSPS) is 17.3. The summed E-state index contributed by atoms with van der Waals surface area (Å²) in [4.78, 5) is 12.5. The topological polar surface area (TPSA) is 59.0 Å². The number of amides is 1. The van der Waals surface area contributed by atoms with E-state index >= 15 is 0 Å². The van der Waals surface area contributed by atoms with Crippen LogP contribution in [-0.2, 0) is 18.3 Å². The van der Waals surface area contributed by atoms with Gasteiger partial charge >= 0.3 is 0 Å². The van der Waals surface area contributed by atoms with Crippen molar-refractivity contribution in [1.29, 1.82) is 0 Å². The number of fused-ring (bicyclic) bond motifs is 1.